The molecule has 1 aromatic carbocycles. The van der Waals surface area contributed by atoms with Crippen molar-refractivity contribution in [1.82, 2.24) is 5.32 Å². The van der Waals surface area contributed by atoms with Crippen molar-refractivity contribution in [3.8, 4) is 5.75 Å². The van der Waals surface area contributed by atoms with Crippen LogP contribution in [0.2, 0.25) is 0 Å². The maximum atomic E-state index is 13.2. The molecule has 0 radical (unpaired) electrons. The highest BCUT2D eigenvalue weighted by atomic mass is 19.4. The first-order valence-corrected chi connectivity index (χ1v) is 7.46. The van der Waals surface area contributed by atoms with Crippen molar-refractivity contribution in [2.75, 3.05) is 7.11 Å². The fourth-order valence-electron chi connectivity index (χ4n) is 2.87. The molecule has 2 rings (SSSR count). The largest absolute Gasteiger partial charge is 0.497 e. The second-order valence-electron chi connectivity index (χ2n) is 5.92. The number of hydrogen-bond acceptors (Lipinski definition) is 3. The first-order valence-electron chi connectivity index (χ1n) is 7.46. The highest BCUT2D eigenvalue weighted by Gasteiger charge is 2.43. The van der Waals surface area contributed by atoms with Crippen molar-refractivity contribution >= 4 is 5.91 Å². The standard InChI is InChI=1S/C16H20F3NO3/c1-23-12-6-4-11(5-7-12)14(16(17,18)19)20-13(21)10-15(22)8-2-3-9-15/h4-7,14,22H,2-3,8-10H2,1H3,(H,20,21). The predicted octanol–water partition coefficient (Wildman–Crippen LogP) is 3.11. The molecule has 0 bridgehead atoms. The normalized spacial score (nSPS) is 18.5. The number of rotatable bonds is 5. The molecule has 0 saturated heterocycles. The molecule has 2 N–H and O–H groups in total. The number of aliphatic hydroxyl groups is 1. The fourth-order valence-corrected chi connectivity index (χ4v) is 2.87. The molecular formula is C16H20F3NO3. The van der Waals surface area contributed by atoms with Crippen molar-refractivity contribution in [1.29, 1.82) is 0 Å². The van der Waals surface area contributed by atoms with Crippen molar-refractivity contribution < 1.29 is 27.8 Å². The minimum Gasteiger partial charge on any atom is -0.497 e. The van der Waals surface area contributed by atoms with Crippen LogP contribution in [0.25, 0.3) is 0 Å². The molecule has 1 unspecified atom stereocenters. The van der Waals surface area contributed by atoms with Gasteiger partial charge in [-0.15, -0.1) is 0 Å². The topological polar surface area (TPSA) is 58.6 Å². The van der Waals surface area contributed by atoms with Gasteiger partial charge in [0.05, 0.1) is 19.1 Å². The number of hydrogen-bond donors (Lipinski definition) is 2. The van der Waals surface area contributed by atoms with Gasteiger partial charge in [-0.1, -0.05) is 25.0 Å². The number of ether oxygens (including phenoxy) is 1. The summed E-state index contributed by atoms with van der Waals surface area (Å²) in [6.07, 6.45) is -2.48. The SMILES string of the molecule is COc1ccc(C(NC(=O)CC2(O)CCCC2)C(F)(F)F)cc1. The molecule has 4 nitrogen and oxygen atoms in total. The molecule has 1 aliphatic rings. The zero-order valence-electron chi connectivity index (χ0n) is 12.8. The summed E-state index contributed by atoms with van der Waals surface area (Å²) >= 11 is 0. The number of nitrogens with one attached hydrogen (secondary N) is 1. The number of carbonyl (C=O) groups is 1. The zero-order chi connectivity index (χ0) is 17.1. The first-order chi connectivity index (χ1) is 10.7. The molecule has 0 heterocycles. The minimum atomic E-state index is -4.62. The average Bonchev–Trinajstić information content (AvgIpc) is 2.90. The van der Waals surface area contributed by atoms with Crippen molar-refractivity contribution in [2.45, 2.75) is 49.9 Å². The third kappa shape index (κ3) is 4.60. The lowest BCUT2D eigenvalue weighted by atomic mass is 9.97. The third-order valence-electron chi connectivity index (χ3n) is 4.11. The molecule has 23 heavy (non-hydrogen) atoms. The van der Waals surface area contributed by atoms with Gasteiger partial charge in [-0.3, -0.25) is 4.79 Å². The van der Waals surface area contributed by atoms with Gasteiger partial charge in [0.1, 0.15) is 5.75 Å². The van der Waals surface area contributed by atoms with Crippen LogP contribution in [0.1, 0.15) is 43.7 Å². The van der Waals surface area contributed by atoms with Gasteiger partial charge >= 0.3 is 6.18 Å². The second kappa shape index (κ2) is 6.78. The highest BCUT2D eigenvalue weighted by Crippen LogP contribution is 2.35. The monoisotopic (exact) mass is 331 g/mol. The van der Waals surface area contributed by atoms with Crippen LogP contribution in [-0.4, -0.2) is 29.9 Å². The molecule has 1 aromatic rings. The molecule has 0 aliphatic heterocycles. The van der Waals surface area contributed by atoms with Gasteiger partial charge in [0, 0.05) is 0 Å². The van der Waals surface area contributed by atoms with Crippen LogP contribution in [0.15, 0.2) is 24.3 Å². The Labute approximate surface area is 132 Å². The molecule has 1 aliphatic carbocycles. The Kier molecular flexibility index (Phi) is 5.19. The van der Waals surface area contributed by atoms with Gasteiger partial charge in [0.25, 0.3) is 0 Å². The van der Waals surface area contributed by atoms with Crippen LogP contribution in [0, 0.1) is 0 Å². The summed E-state index contributed by atoms with van der Waals surface area (Å²) in [5.74, 6) is -0.367. The van der Waals surface area contributed by atoms with E-state index >= 15 is 0 Å². The van der Waals surface area contributed by atoms with Gasteiger partial charge in [0.15, 0.2) is 6.04 Å². The molecule has 1 atom stereocenters. The summed E-state index contributed by atoms with van der Waals surface area (Å²) in [5.41, 5.74) is -1.26. The predicted molar refractivity (Wildman–Crippen MR) is 78.0 cm³/mol. The van der Waals surface area contributed by atoms with Crippen LogP contribution >= 0.6 is 0 Å². The van der Waals surface area contributed by atoms with Crippen LogP contribution in [0.5, 0.6) is 5.75 Å². The van der Waals surface area contributed by atoms with E-state index in [9.17, 15) is 23.1 Å². The molecule has 1 amide bonds. The van der Waals surface area contributed by atoms with Gasteiger partial charge in [-0.25, -0.2) is 0 Å². The molecule has 0 spiro atoms. The lowest BCUT2D eigenvalue weighted by molar-refractivity contribution is -0.164. The summed E-state index contributed by atoms with van der Waals surface area (Å²) in [5, 5.41) is 12.2. The Hall–Kier alpha value is -1.76. The number of amides is 1. The zero-order valence-corrected chi connectivity index (χ0v) is 12.8. The summed E-state index contributed by atoms with van der Waals surface area (Å²) in [7, 11) is 1.42. The lowest BCUT2D eigenvalue weighted by Crippen LogP contribution is -2.41. The van der Waals surface area contributed by atoms with E-state index in [1.807, 2.05) is 5.32 Å². The Morgan fingerprint density at radius 2 is 1.87 bits per heavy atom. The molecule has 7 heteroatoms. The smallest absolute Gasteiger partial charge is 0.412 e. The van der Waals surface area contributed by atoms with Crippen molar-refractivity contribution in [3.63, 3.8) is 0 Å². The Morgan fingerprint density at radius 3 is 2.35 bits per heavy atom. The van der Waals surface area contributed by atoms with Gasteiger partial charge < -0.3 is 15.2 Å². The van der Waals surface area contributed by atoms with Crippen LogP contribution in [0.3, 0.4) is 0 Å². The van der Waals surface area contributed by atoms with E-state index in [0.29, 0.717) is 18.6 Å². The number of alkyl halides is 3. The van der Waals surface area contributed by atoms with Gasteiger partial charge in [-0.05, 0) is 30.5 Å². The number of methoxy groups -OCH3 is 1. The van der Waals surface area contributed by atoms with Crippen LogP contribution < -0.4 is 10.1 Å². The van der Waals surface area contributed by atoms with E-state index in [4.69, 9.17) is 4.74 Å². The number of benzene rings is 1. The van der Waals surface area contributed by atoms with Gasteiger partial charge in [-0.2, -0.15) is 13.2 Å². The maximum absolute atomic E-state index is 13.2. The van der Waals surface area contributed by atoms with Crippen molar-refractivity contribution in [2.24, 2.45) is 0 Å². The van der Waals surface area contributed by atoms with Crippen molar-refractivity contribution in [3.05, 3.63) is 29.8 Å². The van der Waals surface area contributed by atoms with E-state index in [1.165, 1.54) is 31.4 Å². The summed E-state index contributed by atoms with van der Waals surface area (Å²) < 4.78 is 44.7. The number of halogens is 3. The quantitative estimate of drug-likeness (QED) is 0.872. The van der Waals surface area contributed by atoms with E-state index in [-0.39, 0.29) is 12.0 Å². The van der Waals surface area contributed by atoms with E-state index < -0.39 is 23.7 Å². The Morgan fingerprint density at radius 1 is 1.30 bits per heavy atom. The summed E-state index contributed by atoms with van der Waals surface area (Å²) in [4.78, 5) is 12.0. The van der Waals surface area contributed by atoms with Crippen LogP contribution in [0.4, 0.5) is 13.2 Å². The van der Waals surface area contributed by atoms with Gasteiger partial charge in [0.2, 0.25) is 5.91 Å². The third-order valence-corrected chi connectivity index (χ3v) is 4.11. The second-order valence-corrected chi connectivity index (χ2v) is 5.92. The van der Waals surface area contributed by atoms with E-state index in [2.05, 4.69) is 0 Å². The lowest BCUT2D eigenvalue weighted by Gasteiger charge is -2.26. The molecule has 128 valence electrons. The molecule has 1 saturated carbocycles. The Balaban J connectivity index is 2.10. The highest BCUT2D eigenvalue weighted by molar-refractivity contribution is 5.77. The molecule has 1 fully saturated rings. The molecule has 0 aromatic heterocycles. The van der Waals surface area contributed by atoms with Crippen LogP contribution in [-0.2, 0) is 4.79 Å². The van der Waals surface area contributed by atoms with E-state index in [1.54, 1.807) is 0 Å². The maximum Gasteiger partial charge on any atom is 0.412 e. The number of carbonyl (C=O) groups excluding carboxylic acids is 1. The minimum absolute atomic E-state index is 0.0786. The fraction of sp³-hybridized carbons (Fsp3) is 0.562. The first kappa shape index (κ1) is 17.6. The average molecular weight is 331 g/mol. The molecular weight excluding hydrogens is 311 g/mol. The summed E-state index contributed by atoms with van der Waals surface area (Å²) in [6.45, 7) is 0. The van der Waals surface area contributed by atoms with E-state index in [0.717, 1.165) is 12.8 Å². The summed E-state index contributed by atoms with van der Waals surface area (Å²) in [6, 6.07) is 3.24. The Bertz CT molecular complexity index is 536.